The molecule has 11 heteroatoms. The Morgan fingerprint density at radius 1 is 0.854 bits per heavy atom. The summed E-state index contributed by atoms with van der Waals surface area (Å²) in [6.07, 6.45) is 0. The van der Waals surface area contributed by atoms with Crippen LogP contribution in [0.3, 0.4) is 0 Å². The monoisotopic (exact) mass is 744 g/mol. The highest BCUT2D eigenvalue weighted by atomic mass is 79.9. The fourth-order valence-electron chi connectivity index (χ4n) is 5.72. The molecule has 0 saturated carbocycles. The van der Waals surface area contributed by atoms with Gasteiger partial charge in [0, 0.05) is 20.8 Å². The molecule has 1 aromatic heterocycles. The Morgan fingerprint density at radius 2 is 1.50 bits per heavy atom. The average molecular weight is 746 g/mol. The second kappa shape index (κ2) is 12.7. The van der Waals surface area contributed by atoms with Crippen LogP contribution < -0.4 is 13.7 Å². The number of hydrogen-bond acceptors (Lipinski definition) is 8. The van der Waals surface area contributed by atoms with Gasteiger partial charge in [0.05, 0.1) is 17.4 Å². The summed E-state index contributed by atoms with van der Waals surface area (Å²) in [4.78, 5) is 25.6. The van der Waals surface area contributed by atoms with Crippen molar-refractivity contribution in [3.63, 3.8) is 0 Å². The Labute approximate surface area is 289 Å². The quantitative estimate of drug-likeness (QED) is 0.0931. The first kappa shape index (κ1) is 33.2. The lowest BCUT2D eigenvalue weighted by molar-refractivity contribution is 0.0681. The summed E-state index contributed by atoms with van der Waals surface area (Å²) in [6.45, 7) is 7.77. The lowest BCUT2D eigenvalue weighted by Crippen LogP contribution is -2.15. The number of methoxy groups -OCH3 is 1. The van der Waals surface area contributed by atoms with Crippen molar-refractivity contribution in [2.45, 2.75) is 32.6 Å². The van der Waals surface area contributed by atoms with Crippen LogP contribution >= 0.6 is 27.3 Å². The molecule has 8 nitrogen and oxygen atoms in total. The molecule has 6 aromatic rings. The Hall–Kier alpha value is -4.71. The molecule has 0 unspecified atom stereocenters. The van der Waals surface area contributed by atoms with Gasteiger partial charge in [0.1, 0.15) is 27.7 Å². The smallest absolute Gasteiger partial charge is 0.343 e. The van der Waals surface area contributed by atoms with Crippen molar-refractivity contribution in [2.24, 2.45) is 0 Å². The number of halogens is 1. The van der Waals surface area contributed by atoms with Gasteiger partial charge in [-0.3, -0.25) is 0 Å². The van der Waals surface area contributed by atoms with E-state index in [2.05, 4.69) is 41.9 Å². The summed E-state index contributed by atoms with van der Waals surface area (Å²) in [5, 5.41) is 13.0. The van der Waals surface area contributed by atoms with Crippen LogP contribution in [-0.2, 0) is 10.1 Å². The van der Waals surface area contributed by atoms with Gasteiger partial charge in [-0.15, -0.1) is 11.3 Å². The van der Waals surface area contributed by atoms with E-state index in [1.807, 2.05) is 24.3 Å². The SMILES string of the molecule is COc1ccc(C(=O)Oc2cc(S(=O)(=O)Oc3c(C)cc(-c4c5ccccc5c(Br)c5sc(C)c(C)c45)cc3C)ccc2C(=O)O)cc1. The maximum atomic E-state index is 13.6. The van der Waals surface area contributed by atoms with E-state index in [1.165, 1.54) is 29.7 Å². The molecule has 0 radical (unpaired) electrons. The Kier molecular flexibility index (Phi) is 8.80. The number of aromatic carboxylic acids is 1. The molecule has 0 spiro atoms. The third kappa shape index (κ3) is 5.93. The van der Waals surface area contributed by atoms with E-state index < -0.39 is 27.8 Å². The zero-order chi connectivity index (χ0) is 34.5. The molecule has 0 amide bonds. The van der Waals surface area contributed by atoms with Crippen molar-refractivity contribution in [2.75, 3.05) is 7.11 Å². The fourth-order valence-corrected chi connectivity index (χ4v) is 8.69. The highest BCUT2D eigenvalue weighted by Gasteiger charge is 2.26. The van der Waals surface area contributed by atoms with Crippen molar-refractivity contribution < 1.29 is 36.8 Å². The van der Waals surface area contributed by atoms with Crippen molar-refractivity contribution in [3.8, 4) is 28.4 Å². The number of rotatable bonds is 8. The Bertz CT molecular complexity index is 2370. The number of thiophene rings is 1. The molecule has 0 aliphatic carbocycles. The molecule has 244 valence electrons. The molecule has 0 fully saturated rings. The minimum atomic E-state index is -4.49. The second-order valence-electron chi connectivity index (χ2n) is 11.3. The Balaban J connectivity index is 1.38. The van der Waals surface area contributed by atoms with Gasteiger partial charge >= 0.3 is 22.1 Å². The summed E-state index contributed by atoms with van der Waals surface area (Å²) in [7, 11) is -3.02. The number of carboxylic acids is 1. The standard InChI is InChI=1S/C37H29BrO8S2/c1-19-16-24(32-27-8-6-7-9-28(27)33(38)35-31(32)21(3)22(4)47-35)17-20(2)34(19)46-48(42,43)26-14-15-29(36(39)40)30(18-26)45-37(41)23-10-12-25(44-5)13-11-23/h6-18H,1-5H3,(H,39,40). The number of fused-ring (bicyclic) bond motifs is 2. The van der Waals surface area contributed by atoms with Gasteiger partial charge in [-0.25, -0.2) is 9.59 Å². The molecule has 0 aliphatic heterocycles. The number of ether oxygens (including phenoxy) is 2. The predicted molar refractivity (Wildman–Crippen MR) is 191 cm³/mol. The minimum absolute atomic E-state index is 0.117. The van der Waals surface area contributed by atoms with E-state index >= 15 is 0 Å². The van der Waals surface area contributed by atoms with Gasteiger partial charge in [0.25, 0.3) is 0 Å². The number of carbonyl (C=O) groups excluding carboxylic acids is 1. The molecule has 1 heterocycles. The van der Waals surface area contributed by atoms with Gasteiger partial charge < -0.3 is 18.8 Å². The highest BCUT2D eigenvalue weighted by molar-refractivity contribution is 9.11. The number of esters is 1. The third-order valence-electron chi connectivity index (χ3n) is 8.21. The van der Waals surface area contributed by atoms with Crippen LogP contribution in [0.15, 0.2) is 88.2 Å². The second-order valence-corrected chi connectivity index (χ2v) is 14.8. The lowest BCUT2D eigenvalue weighted by Gasteiger charge is -2.17. The number of aryl methyl sites for hydroxylation is 4. The molecule has 6 rings (SSSR count). The van der Waals surface area contributed by atoms with E-state index in [9.17, 15) is 23.1 Å². The van der Waals surface area contributed by atoms with Gasteiger partial charge in [-0.2, -0.15) is 8.42 Å². The molecule has 48 heavy (non-hydrogen) atoms. The molecule has 0 bridgehead atoms. The summed E-state index contributed by atoms with van der Waals surface area (Å²) in [5.74, 6) is -2.05. The van der Waals surface area contributed by atoms with Crippen molar-refractivity contribution >= 4 is 70.2 Å². The molecule has 0 saturated heterocycles. The van der Waals surface area contributed by atoms with Gasteiger partial charge in [0.2, 0.25) is 0 Å². The van der Waals surface area contributed by atoms with E-state index in [4.69, 9.17) is 13.7 Å². The maximum absolute atomic E-state index is 13.6. The van der Waals surface area contributed by atoms with Crippen LogP contribution in [0.2, 0.25) is 0 Å². The molecule has 5 aromatic carbocycles. The lowest BCUT2D eigenvalue weighted by atomic mass is 9.91. The first-order valence-electron chi connectivity index (χ1n) is 14.7. The van der Waals surface area contributed by atoms with Gasteiger partial charge in [0.15, 0.2) is 0 Å². The van der Waals surface area contributed by atoms with E-state index in [1.54, 1.807) is 37.3 Å². The number of carbonyl (C=O) groups is 2. The van der Waals surface area contributed by atoms with Gasteiger partial charge in [-0.1, -0.05) is 24.3 Å². The topological polar surface area (TPSA) is 116 Å². The summed E-state index contributed by atoms with van der Waals surface area (Å²) in [6, 6.07) is 21.1. The van der Waals surface area contributed by atoms with Crippen molar-refractivity contribution in [1.29, 1.82) is 0 Å². The van der Waals surface area contributed by atoms with E-state index in [0.29, 0.717) is 16.9 Å². The molecule has 0 aliphatic rings. The number of carboxylic acid groups (broad SMARTS) is 1. The average Bonchev–Trinajstić information content (AvgIpc) is 3.36. The van der Waals surface area contributed by atoms with Crippen LogP contribution in [0.1, 0.15) is 42.3 Å². The van der Waals surface area contributed by atoms with E-state index in [0.717, 1.165) is 54.7 Å². The van der Waals surface area contributed by atoms with Crippen LogP contribution in [0.25, 0.3) is 32.0 Å². The molecule has 1 N–H and O–H groups in total. The normalized spacial score (nSPS) is 11.5. The summed E-state index contributed by atoms with van der Waals surface area (Å²) in [5.41, 5.74) is 4.06. The molecule has 0 atom stereocenters. The van der Waals surface area contributed by atoms with Crippen LogP contribution in [0.4, 0.5) is 0 Å². The Morgan fingerprint density at radius 3 is 2.12 bits per heavy atom. The maximum Gasteiger partial charge on any atom is 0.343 e. The number of benzene rings is 5. The first-order chi connectivity index (χ1) is 22.8. The fraction of sp³-hybridized carbons (Fsp3) is 0.135. The van der Waals surface area contributed by atoms with Gasteiger partial charge in [-0.05, 0) is 131 Å². The van der Waals surface area contributed by atoms with Crippen molar-refractivity contribution in [1.82, 2.24) is 0 Å². The van der Waals surface area contributed by atoms with Crippen LogP contribution in [0.5, 0.6) is 17.2 Å². The molecular weight excluding hydrogens is 716 g/mol. The highest BCUT2D eigenvalue weighted by Crippen LogP contribution is 2.48. The molecular formula is C37H29BrO8S2. The zero-order valence-electron chi connectivity index (χ0n) is 26.5. The minimum Gasteiger partial charge on any atom is -0.497 e. The van der Waals surface area contributed by atoms with E-state index in [-0.39, 0.29) is 21.8 Å². The van der Waals surface area contributed by atoms with Crippen LogP contribution in [-0.4, -0.2) is 32.6 Å². The summed E-state index contributed by atoms with van der Waals surface area (Å²) >= 11 is 5.57. The third-order valence-corrected chi connectivity index (χ3v) is 11.7. The van der Waals surface area contributed by atoms with Crippen molar-refractivity contribution in [3.05, 3.63) is 116 Å². The zero-order valence-corrected chi connectivity index (χ0v) is 29.7. The summed E-state index contributed by atoms with van der Waals surface area (Å²) < 4.78 is 45.6. The predicted octanol–water partition coefficient (Wildman–Crippen LogP) is 9.41. The largest absolute Gasteiger partial charge is 0.497 e. The van der Waals surface area contributed by atoms with Crippen LogP contribution in [0, 0.1) is 27.7 Å². The number of hydrogen-bond donors (Lipinski definition) is 1. The first-order valence-corrected chi connectivity index (χ1v) is 17.7.